The summed E-state index contributed by atoms with van der Waals surface area (Å²) >= 11 is 0. The topological polar surface area (TPSA) is 46.3 Å². The molecule has 116 valence electrons. The fourth-order valence-electron chi connectivity index (χ4n) is 3.39. The van der Waals surface area contributed by atoms with Gasteiger partial charge in [0.25, 0.3) is 0 Å². The van der Waals surface area contributed by atoms with Crippen LogP contribution >= 0.6 is 0 Å². The van der Waals surface area contributed by atoms with Gasteiger partial charge in [0.05, 0.1) is 5.92 Å². The zero-order valence-corrected chi connectivity index (χ0v) is 13.3. The molecule has 0 radical (unpaired) electrons. The molecule has 3 unspecified atom stereocenters. The molecule has 1 aliphatic carbocycles. The van der Waals surface area contributed by atoms with Crippen molar-refractivity contribution in [1.29, 1.82) is 0 Å². The highest BCUT2D eigenvalue weighted by atomic mass is 16.2. The largest absolute Gasteiger partial charge is 0.342 e. The lowest BCUT2D eigenvalue weighted by atomic mass is 9.85. The van der Waals surface area contributed by atoms with Crippen molar-refractivity contribution in [2.24, 2.45) is 17.6 Å². The first-order valence-corrected chi connectivity index (χ1v) is 8.12. The lowest BCUT2D eigenvalue weighted by Gasteiger charge is -2.36. The number of rotatable bonds is 5. The van der Waals surface area contributed by atoms with Crippen LogP contribution in [0, 0.1) is 11.8 Å². The van der Waals surface area contributed by atoms with Gasteiger partial charge in [-0.2, -0.15) is 0 Å². The molecule has 1 amide bonds. The third-order valence-electron chi connectivity index (χ3n) is 4.76. The van der Waals surface area contributed by atoms with Crippen molar-refractivity contribution in [1.82, 2.24) is 4.90 Å². The van der Waals surface area contributed by atoms with Gasteiger partial charge in [-0.25, -0.2) is 0 Å². The minimum absolute atomic E-state index is 0.102. The first kappa shape index (κ1) is 16.0. The normalized spacial score (nSPS) is 23.6. The summed E-state index contributed by atoms with van der Waals surface area (Å²) in [6.45, 7) is 2.70. The minimum atomic E-state index is -0.102. The quantitative estimate of drug-likeness (QED) is 0.905. The van der Waals surface area contributed by atoms with Crippen LogP contribution in [0.15, 0.2) is 30.3 Å². The molecule has 0 bridgehead atoms. The lowest BCUT2D eigenvalue weighted by Crippen LogP contribution is -2.45. The van der Waals surface area contributed by atoms with E-state index in [9.17, 15) is 4.79 Å². The van der Waals surface area contributed by atoms with Crippen molar-refractivity contribution in [3.8, 4) is 0 Å². The van der Waals surface area contributed by atoms with Crippen molar-refractivity contribution < 1.29 is 4.79 Å². The number of hydrogen-bond acceptors (Lipinski definition) is 2. The van der Waals surface area contributed by atoms with Gasteiger partial charge in [0.15, 0.2) is 0 Å². The summed E-state index contributed by atoms with van der Waals surface area (Å²) in [7, 11) is 1.96. The third kappa shape index (κ3) is 4.31. The molecule has 1 saturated carbocycles. The molecule has 3 atom stereocenters. The SMILES string of the molecule is CC1CCCC(N(C)C(=O)C(CN)Cc2ccccc2)C1. The zero-order valence-electron chi connectivity index (χ0n) is 13.3. The molecule has 0 aromatic heterocycles. The van der Waals surface area contributed by atoms with Gasteiger partial charge in [-0.05, 0) is 30.7 Å². The summed E-state index contributed by atoms with van der Waals surface area (Å²) in [6.07, 6.45) is 5.53. The first-order valence-electron chi connectivity index (χ1n) is 8.12. The molecule has 0 spiro atoms. The van der Waals surface area contributed by atoms with E-state index in [2.05, 4.69) is 19.1 Å². The van der Waals surface area contributed by atoms with Gasteiger partial charge in [-0.15, -0.1) is 0 Å². The predicted molar refractivity (Wildman–Crippen MR) is 86.9 cm³/mol. The molecule has 0 heterocycles. The molecule has 1 fully saturated rings. The smallest absolute Gasteiger partial charge is 0.227 e. The molecular weight excluding hydrogens is 260 g/mol. The van der Waals surface area contributed by atoms with E-state index < -0.39 is 0 Å². The maximum atomic E-state index is 12.7. The van der Waals surface area contributed by atoms with Crippen LogP contribution < -0.4 is 5.73 Å². The summed E-state index contributed by atoms with van der Waals surface area (Å²) in [6, 6.07) is 10.6. The number of hydrogen-bond donors (Lipinski definition) is 1. The van der Waals surface area contributed by atoms with Crippen molar-refractivity contribution in [3.05, 3.63) is 35.9 Å². The molecule has 1 aliphatic rings. The highest BCUT2D eigenvalue weighted by Crippen LogP contribution is 2.27. The first-order chi connectivity index (χ1) is 10.1. The van der Waals surface area contributed by atoms with Crippen LogP contribution in [0.25, 0.3) is 0 Å². The van der Waals surface area contributed by atoms with E-state index >= 15 is 0 Å². The Balaban J connectivity index is 1.98. The van der Waals surface area contributed by atoms with Crippen LogP contribution in [0.5, 0.6) is 0 Å². The number of nitrogens with zero attached hydrogens (tertiary/aromatic N) is 1. The summed E-state index contributed by atoms with van der Waals surface area (Å²) in [5.41, 5.74) is 7.06. The van der Waals surface area contributed by atoms with E-state index in [0.717, 1.165) is 25.2 Å². The Hall–Kier alpha value is -1.35. The second-order valence-corrected chi connectivity index (χ2v) is 6.50. The fourth-order valence-corrected chi connectivity index (χ4v) is 3.39. The number of benzene rings is 1. The Kier molecular flexibility index (Phi) is 5.80. The average molecular weight is 288 g/mol. The Morgan fingerprint density at radius 2 is 2.05 bits per heavy atom. The highest BCUT2D eigenvalue weighted by Gasteiger charge is 2.29. The Bertz CT molecular complexity index is 446. The molecule has 21 heavy (non-hydrogen) atoms. The molecule has 0 aliphatic heterocycles. The molecule has 3 heteroatoms. The van der Waals surface area contributed by atoms with Crippen molar-refractivity contribution >= 4 is 5.91 Å². The van der Waals surface area contributed by atoms with Gasteiger partial charge < -0.3 is 10.6 Å². The Morgan fingerprint density at radius 3 is 2.67 bits per heavy atom. The fraction of sp³-hybridized carbons (Fsp3) is 0.611. The van der Waals surface area contributed by atoms with Gasteiger partial charge in [0.2, 0.25) is 5.91 Å². The molecule has 0 saturated heterocycles. The lowest BCUT2D eigenvalue weighted by molar-refractivity contribution is -0.136. The Morgan fingerprint density at radius 1 is 1.33 bits per heavy atom. The molecule has 3 nitrogen and oxygen atoms in total. The van der Waals surface area contributed by atoms with Gasteiger partial charge in [-0.3, -0.25) is 4.79 Å². The van der Waals surface area contributed by atoms with E-state index in [-0.39, 0.29) is 11.8 Å². The number of carbonyl (C=O) groups excluding carboxylic acids is 1. The van der Waals surface area contributed by atoms with Crippen molar-refractivity contribution in [2.45, 2.75) is 45.1 Å². The summed E-state index contributed by atoms with van der Waals surface area (Å²) in [5.74, 6) is 0.833. The van der Waals surface area contributed by atoms with Crippen LogP contribution in [0.2, 0.25) is 0 Å². The summed E-state index contributed by atoms with van der Waals surface area (Å²) in [5, 5.41) is 0. The second kappa shape index (κ2) is 7.60. The van der Waals surface area contributed by atoms with Crippen molar-refractivity contribution in [2.75, 3.05) is 13.6 Å². The molecular formula is C18H28N2O. The second-order valence-electron chi connectivity index (χ2n) is 6.50. The van der Waals surface area contributed by atoms with E-state index in [1.54, 1.807) is 0 Å². The van der Waals surface area contributed by atoms with Gasteiger partial charge in [0, 0.05) is 19.6 Å². The van der Waals surface area contributed by atoms with E-state index in [4.69, 9.17) is 5.73 Å². The van der Waals surface area contributed by atoms with E-state index in [1.807, 2.05) is 30.1 Å². The molecule has 1 aromatic rings. The molecule has 2 N–H and O–H groups in total. The third-order valence-corrected chi connectivity index (χ3v) is 4.76. The van der Waals surface area contributed by atoms with Crippen LogP contribution in [-0.2, 0) is 11.2 Å². The monoisotopic (exact) mass is 288 g/mol. The summed E-state index contributed by atoms with van der Waals surface area (Å²) in [4.78, 5) is 14.7. The number of carbonyl (C=O) groups is 1. The predicted octanol–water partition coefficient (Wildman–Crippen LogP) is 2.84. The van der Waals surface area contributed by atoms with Gasteiger partial charge >= 0.3 is 0 Å². The van der Waals surface area contributed by atoms with Gasteiger partial charge in [-0.1, -0.05) is 50.1 Å². The Labute approximate surface area is 128 Å². The summed E-state index contributed by atoms with van der Waals surface area (Å²) < 4.78 is 0. The molecule has 2 rings (SSSR count). The van der Waals surface area contributed by atoms with E-state index in [1.165, 1.54) is 18.4 Å². The van der Waals surface area contributed by atoms with Crippen LogP contribution in [-0.4, -0.2) is 30.4 Å². The maximum absolute atomic E-state index is 12.7. The highest BCUT2D eigenvalue weighted by molar-refractivity contribution is 5.79. The van der Waals surface area contributed by atoms with Crippen LogP contribution in [0.3, 0.4) is 0 Å². The minimum Gasteiger partial charge on any atom is -0.342 e. The molecule has 1 aromatic carbocycles. The van der Waals surface area contributed by atoms with Gasteiger partial charge in [0.1, 0.15) is 0 Å². The van der Waals surface area contributed by atoms with Crippen LogP contribution in [0.1, 0.15) is 38.2 Å². The average Bonchev–Trinajstić information content (AvgIpc) is 2.52. The zero-order chi connectivity index (χ0) is 15.2. The van der Waals surface area contributed by atoms with Crippen LogP contribution in [0.4, 0.5) is 0 Å². The van der Waals surface area contributed by atoms with E-state index in [0.29, 0.717) is 12.6 Å². The van der Waals surface area contributed by atoms with Crippen molar-refractivity contribution in [3.63, 3.8) is 0 Å². The standard InChI is InChI=1S/C18H28N2O/c1-14-7-6-10-17(11-14)20(2)18(21)16(13-19)12-15-8-4-3-5-9-15/h3-5,8-9,14,16-17H,6-7,10-13,19H2,1-2H3. The number of nitrogens with two attached hydrogens (primary N) is 1. The number of amides is 1. The maximum Gasteiger partial charge on any atom is 0.227 e.